The minimum Gasteiger partial charge on any atom is -0.313 e. The van der Waals surface area contributed by atoms with Crippen molar-refractivity contribution in [2.45, 2.75) is 44.2 Å². The zero-order valence-corrected chi connectivity index (χ0v) is 11.1. The zero-order valence-electron chi connectivity index (χ0n) is 11.1. The summed E-state index contributed by atoms with van der Waals surface area (Å²) in [6.07, 6.45) is 6.69. The Kier molecular flexibility index (Phi) is 3.96. The Hall–Kier alpha value is -0.860. The lowest BCUT2D eigenvalue weighted by Crippen LogP contribution is -2.34. The summed E-state index contributed by atoms with van der Waals surface area (Å²) in [4.78, 5) is 2.68. The Morgan fingerprint density at radius 2 is 1.94 bits per heavy atom. The molecule has 1 saturated carbocycles. The molecule has 2 heteroatoms. The lowest BCUT2D eigenvalue weighted by atomic mass is 10.1. The van der Waals surface area contributed by atoms with Gasteiger partial charge < -0.3 is 5.32 Å². The first-order valence-corrected chi connectivity index (χ1v) is 7.43. The van der Waals surface area contributed by atoms with Gasteiger partial charge in [0.05, 0.1) is 0 Å². The summed E-state index contributed by atoms with van der Waals surface area (Å²) in [5, 5.41) is 3.72. The quantitative estimate of drug-likeness (QED) is 0.773. The van der Waals surface area contributed by atoms with Crippen molar-refractivity contribution in [1.82, 2.24) is 10.2 Å². The summed E-state index contributed by atoms with van der Waals surface area (Å²) >= 11 is 0. The van der Waals surface area contributed by atoms with E-state index in [9.17, 15) is 0 Å². The third-order valence-electron chi connectivity index (χ3n) is 4.20. The molecule has 1 aromatic rings. The van der Waals surface area contributed by atoms with E-state index < -0.39 is 0 Å². The van der Waals surface area contributed by atoms with E-state index in [0.29, 0.717) is 0 Å². The molecular weight excluding hydrogens is 220 g/mol. The second kappa shape index (κ2) is 5.85. The van der Waals surface area contributed by atoms with Crippen LogP contribution in [0, 0.1) is 0 Å². The fourth-order valence-corrected chi connectivity index (χ4v) is 2.97. The van der Waals surface area contributed by atoms with Crippen LogP contribution in [0.15, 0.2) is 30.3 Å². The van der Waals surface area contributed by atoms with Crippen molar-refractivity contribution in [3.63, 3.8) is 0 Å². The molecule has 1 N–H and O–H groups in total. The summed E-state index contributed by atoms with van der Waals surface area (Å²) in [6, 6.07) is 12.5. The van der Waals surface area contributed by atoms with Gasteiger partial charge in [0.1, 0.15) is 0 Å². The van der Waals surface area contributed by atoms with Crippen molar-refractivity contribution in [3.05, 3.63) is 35.9 Å². The molecule has 1 aliphatic carbocycles. The van der Waals surface area contributed by atoms with E-state index in [-0.39, 0.29) is 0 Å². The van der Waals surface area contributed by atoms with E-state index in [4.69, 9.17) is 0 Å². The van der Waals surface area contributed by atoms with Gasteiger partial charge in [-0.25, -0.2) is 0 Å². The van der Waals surface area contributed by atoms with Crippen LogP contribution in [0.3, 0.4) is 0 Å². The van der Waals surface area contributed by atoms with Gasteiger partial charge in [-0.05, 0) is 44.2 Å². The lowest BCUT2D eigenvalue weighted by molar-refractivity contribution is 0.317. The van der Waals surface area contributed by atoms with Gasteiger partial charge in [-0.2, -0.15) is 0 Å². The molecule has 1 atom stereocenters. The number of aryl methyl sites for hydroxylation is 1. The van der Waals surface area contributed by atoms with Gasteiger partial charge in [-0.15, -0.1) is 0 Å². The topological polar surface area (TPSA) is 15.3 Å². The Labute approximate surface area is 110 Å². The van der Waals surface area contributed by atoms with Crippen LogP contribution in [0.5, 0.6) is 0 Å². The first-order valence-electron chi connectivity index (χ1n) is 7.43. The minimum absolute atomic E-state index is 0.751. The molecule has 0 aromatic heterocycles. The van der Waals surface area contributed by atoms with Crippen molar-refractivity contribution in [2.24, 2.45) is 0 Å². The van der Waals surface area contributed by atoms with Gasteiger partial charge in [-0.3, -0.25) is 4.90 Å². The van der Waals surface area contributed by atoms with E-state index in [1.54, 1.807) is 0 Å². The highest BCUT2D eigenvalue weighted by molar-refractivity contribution is 5.14. The smallest absolute Gasteiger partial charge is 0.0207 e. The largest absolute Gasteiger partial charge is 0.313 e. The fraction of sp³-hybridized carbons (Fsp3) is 0.625. The first-order chi connectivity index (χ1) is 8.92. The van der Waals surface area contributed by atoms with E-state index in [0.717, 1.165) is 18.6 Å². The van der Waals surface area contributed by atoms with Crippen LogP contribution in [0.2, 0.25) is 0 Å². The highest BCUT2D eigenvalue weighted by atomic mass is 15.2. The van der Waals surface area contributed by atoms with Crippen LogP contribution in [-0.2, 0) is 6.42 Å². The molecule has 98 valence electrons. The first kappa shape index (κ1) is 12.2. The normalized spacial score (nSPS) is 24.6. The SMILES string of the molecule is c1ccc(CCCNC2CCN(C3CC3)C2)cc1. The van der Waals surface area contributed by atoms with E-state index in [1.165, 1.54) is 50.8 Å². The van der Waals surface area contributed by atoms with Gasteiger partial charge in [-0.1, -0.05) is 30.3 Å². The third kappa shape index (κ3) is 3.33. The Morgan fingerprint density at radius 1 is 1.11 bits per heavy atom. The second-order valence-corrected chi connectivity index (χ2v) is 5.75. The van der Waals surface area contributed by atoms with Crippen molar-refractivity contribution < 1.29 is 0 Å². The van der Waals surface area contributed by atoms with Crippen molar-refractivity contribution in [1.29, 1.82) is 0 Å². The standard InChI is InChI=1S/C16H24N2/c1-2-5-14(6-3-1)7-4-11-17-15-10-12-18(13-15)16-8-9-16/h1-3,5-6,15-17H,4,7-13H2. The molecule has 1 heterocycles. The maximum atomic E-state index is 3.72. The molecule has 2 fully saturated rings. The zero-order chi connectivity index (χ0) is 12.2. The van der Waals surface area contributed by atoms with Gasteiger partial charge in [0.25, 0.3) is 0 Å². The summed E-state index contributed by atoms with van der Waals surface area (Å²) in [5.41, 5.74) is 1.46. The van der Waals surface area contributed by atoms with Gasteiger partial charge >= 0.3 is 0 Å². The van der Waals surface area contributed by atoms with Gasteiger partial charge in [0.2, 0.25) is 0 Å². The van der Waals surface area contributed by atoms with Crippen molar-refractivity contribution in [3.8, 4) is 0 Å². The molecule has 1 aliphatic heterocycles. The third-order valence-corrected chi connectivity index (χ3v) is 4.20. The predicted molar refractivity (Wildman–Crippen MR) is 75.8 cm³/mol. The van der Waals surface area contributed by atoms with Gasteiger partial charge in [0.15, 0.2) is 0 Å². The molecule has 0 amide bonds. The highest BCUT2D eigenvalue weighted by Gasteiger charge is 2.33. The van der Waals surface area contributed by atoms with Crippen LogP contribution in [0.4, 0.5) is 0 Å². The number of nitrogens with zero attached hydrogens (tertiary/aromatic N) is 1. The molecule has 1 unspecified atom stereocenters. The number of hydrogen-bond donors (Lipinski definition) is 1. The van der Waals surface area contributed by atoms with Crippen molar-refractivity contribution in [2.75, 3.05) is 19.6 Å². The summed E-state index contributed by atoms with van der Waals surface area (Å²) in [5.74, 6) is 0. The summed E-state index contributed by atoms with van der Waals surface area (Å²) < 4.78 is 0. The Morgan fingerprint density at radius 3 is 2.72 bits per heavy atom. The maximum Gasteiger partial charge on any atom is 0.0207 e. The monoisotopic (exact) mass is 244 g/mol. The number of likely N-dealkylation sites (tertiary alicyclic amines) is 1. The molecule has 2 aliphatic rings. The molecular formula is C16H24N2. The number of hydrogen-bond acceptors (Lipinski definition) is 2. The molecule has 0 bridgehead atoms. The average Bonchev–Trinajstić information content (AvgIpc) is 3.16. The van der Waals surface area contributed by atoms with Crippen LogP contribution in [0.25, 0.3) is 0 Å². The molecule has 0 radical (unpaired) electrons. The molecule has 3 rings (SSSR count). The van der Waals surface area contributed by atoms with Crippen LogP contribution < -0.4 is 5.32 Å². The van der Waals surface area contributed by atoms with Crippen LogP contribution >= 0.6 is 0 Å². The molecule has 1 aromatic carbocycles. The lowest BCUT2D eigenvalue weighted by Gasteiger charge is -2.15. The predicted octanol–water partition coefficient (Wildman–Crippen LogP) is 2.45. The second-order valence-electron chi connectivity index (χ2n) is 5.75. The Bertz CT molecular complexity index is 359. The van der Waals surface area contributed by atoms with Crippen LogP contribution in [0.1, 0.15) is 31.2 Å². The number of nitrogens with one attached hydrogen (secondary N) is 1. The number of benzene rings is 1. The fourth-order valence-electron chi connectivity index (χ4n) is 2.97. The Balaban J connectivity index is 1.31. The summed E-state index contributed by atoms with van der Waals surface area (Å²) in [6.45, 7) is 3.77. The molecule has 0 spiro atoms. The average molecular weight is 244 g/mol. The molecule has 1 saturated heterocycles. The minimum atomic E-state index is 0.751. The molecule has 2 nitrogen and oxygen atoms in total. The van der Waals surface area contributed by atoms with Crippen LogP contribution in [-0.4, -0.2) is 36.6 Å². The molecule has 18 heavy (non-hydrogen) atoms. The van der Waals surface area contributed by atoms with E-state index >= 15 is 0 Å². The number of rotatable bonds is 6. The maximum absolute atomic E-state index is 3.72. The van der Waals surface area contributed by atoms with E-state index in [1.807, 2.05) is 0 Å². The van der Waals surface area contributed by atoms with Crippen molar-refractivity contribution >= 4 is 0 Å². The summed E-state index contributed by atoms with van der Waals surface area (Å²) in [7, 11) is 0. The highest BCUT2D eigenvalue weighted by Crippen LogP contribution is 2.29. The van der Waals surface area contributed by atoms with E-state index in [2.05, 4.69) is 40.5 Å². The van der Waals surface area contributed by atoms with Gasteiger partial charge in [0, 0.05) is 25.2 Å².